The Bertz CT molecular complexity index is 1000. The first-order valence-electron chi connectivity index (χ1n) is 8.93. The molecule has 0 aliphatic heterocycles. The maximum atomic E-state index is 13.4. The second-order valence-electron chi connectivity index (χ2n) is 6.37. The minimum atomic E-state index is -0.314. The highest BCUT2D eigenvalue weighted by Gasteiger charge is 2.16. The van der Waals surface area contributed by atoms with Gasteiger partial charge < -0.3 is 10.3 Å². The summed E-state index contributed by atoms with van der Waals surface area (Å²) in [5, 5.41) is 2.87. The molecule has 0 fully saturated rings. The van der Waals surface area contributed by atoms with Gasteiger partial charge in [-0.3, -0.25) is 9.59 Å². The third-order valence-corrected chi connectivity index (χ3v) is 5.25. The molecule has 3 rings (SSSR count). The molecule has 144 valence electrons. The average molecular weight is 396 g/mol. The van der Waals surface area contributed by atoms with Crippen molar-refractivity contribution in [1.29, 1.82) is 0 Å². The lowest BCUT2D eigenvalue weighted by molar-refractivity contribution is 0.0952. The van der Waals surface area contributed by atoms with Crippen molar-refractivity contribution >= 4 is 17.7 Å². The van der Waals surface area contributed by atoms with Crippen LogP contribution in [0.5, 0.6) is 0 Å². The minimum absolute atomic E-state index is 0.0205. The van der Waals surface area contributed by atoms with Crippen LogP contribution in [0.1, 0.15) is 33.8 Å². The van der Waals surface area contributed by atoms with Gasteiger partial charge in [0.2, 0.25) is 5.56 Å². The fourth-order valence-electron chi connectivity index (χ4n) is 3.10. The summed E-state index contributed by atoms with van der Waals surface area (Å²) in [5.41, 5.74) is 2.12. The van der Waals surface area contributed by atoms with Gasteiger partial charge in [0.25, 0.3) is 5.91 Å². The fourth-order valence-corrected chi connectivity index (χ4v) is 3.57. The van der Waals surface area contributed by atoms with Crippen LogP contribution in [0.2, 0.25) is 0 Å². The molecule has 6 heteroatoms. The topological polar surface area (TPSA) is 62.0 Å². The van der Waals surface area contributed by atoms with E-state index in [2.05, 4.69) is 16.4 Å². The van der Waals surface area contributed by atoms with Crippen LogP contribution < -0.4 is 10.9 Å². The van der Waals surface area contributed by atoms with Gasteiger partial charge in [-0.15, -0.1) is 11.8 Å². The van der Waals surface area contributed by atoms with E-state index in [-0.39, 0.29) is 23.2 Å². The highest BCUT2D eigenvalue weighted by molar-refractivity contribution is 7.98. The zero-order valence-corrected chi connectivity index (χ0v) is 16.3. The van der Waals surface area contributed by atoms with Gasteiger partial charge in [-0.2, -0.15) is 0 Å². The first-order chi connectivity index (χ1) is 13.6. The predicted molar refractivity (Wildman–Crippen MR) is 110 cm³/mol. The molecule has 0 aliphatic rings. The Morgan fingerprint density at radius 2 is 1.89 bits per heavy atom. The van der Waals surface area contributed by atoms with Crippen molar-refractivity contribution in [3.8, 4) is 0 Å². The number of nitrogens with one attached hydrogen (secondary N) is 2. The lowest BCUT2D eigenvalue weighted by Crippen LogP contribution is -2.27. The van der Waals surface area contributed by atoms with Crippen LogP contribution in [-0.4, -0.2) is 23.7 Å². The molecule has 0 radical (unpaired) electrons. The normalized spacial score (nSPS) is 11.8. The maximum Gasteiger partial charge on any atom is 0.251 e. The van der Waals surface area contributed by atoms with Crippen molar-refractivity contribution in [3.05, 3.63) is 99.7 Å². The van der Waals surface area contributed by atoms with Crippen molar-refractivity contribution in [2.24, 2.45) is 0 Å². The zero-order chi connectivity index (χ0) is 19.9. The molecule has 0 aliphatic carbocycles. The van der Waals surface area contributed by atoms with E-state index in [9.17, 15) is 14.0 Å². The lowest BCUT2D eigenvalue weighted by atomic mass is 9.88. The van der Waals surface area contributed by atoms with Gasteiger partial charge in [0, 0.05) is 35.2 Å². The minimum Gasteiger partial charge on any atom is -0.352 e. The van der Waals surface area contributed by atoms with Gasteiger partial charge in [0.1, 0.15) is 5.82 Å². The van der Waals surface area contributed by atoms with Crippen LogP contribution in [0.15, 0.2) is 76.6 Å². The number of thioether (sulfide) groups is 1. The smallest absolute Gasteiger partial charge is 0.251 e. The quantitative estimate of drug-likeness (QED) is 0.589. The van der Waals surface area contributed by atoms with E-state index in [1.54, 1.807) is 30.0 Å². The third-order valence-electron chi connectivity index (χ3n) is 4.52. The SMILES string of the molecule is CSc1cccc(C(CCNC(=O)c2cc[nH]c(=O)c2)c2ccc(F)cc2)c1. The molecule has 3 aromatic rings. The lowest BCUT2D eigenvalue weighted by Gasteiger charge is -2.19. The van der Waals surface area contributed by atoms with E-state index in [0.717, 1.165) is 16.0 Å². The summed E-state index contributed by atoms with van der Waals surface area (Å²) in [6.45, 7) is 0.428. The van der Waals surface area contributed by atoms with Crippen LogP contribution >= 0.6 is 11.8 Å². The largest absolute Gasteiger partial charge is 0.352 e. The zero-order valence-electron chi connectivity index (χ0n) is 15.4. The number of H-pyrrole nitrogens is 1. The number of hydrogen-bond acceptors (Lipinski definition) is 3. The van der Waals surface area contributed by atoms with Crippen molar-refractivity contribution < 1.29 is 9.18 Å². The van der Waals surface area contributed by atoms with E-state index in [1.165, 1.54) is 24.4 Å². The number of carbonyl (C=O) groups is 1. The maximum absolute atomic E-state index is 13.4. The molecule has 1 amide bonds. The first kappa shape index (κ1) is 19.9. The molecule has 4 nitrogen and oxygen atoms in total. The number of hydrogen-bond donors (Lipinski definition) is 2. The Balaban J connectivity index is 1.76. The molecule has 28 heavy (non-hydrogen) atoms. The summed E-state index contributed by atoms with van der Waals surface area (Å²) in [6.07, 6.45) is 4.12. The fraction of sp³-hybridized carbons (Fsp3) is 0.182. The van der Waals surface area contributed by atoms with Crippen LogP contribution in [0.3, 0.4) is 0 Å². The number of benzene rings is 2. The standard InChI is InChI=1S/C22H21FN2O2S/c1-28-19-4-2-3-16(13-19)20(15-5-7-18(23)8-6-15)10-12-25-22(27)17-9-11-24-21(26)14-17/h2-9,11,13-14,20H,10,12H2,1H3,(H,24,26)(H,25,27). The van der Waals surface area contributed by atoms with Crippen LogP contribution in [0, 0.1) is 5.82 Å². The number of aromatic nitrogens is 1. The Labute approximate surface area is 167 Å². The van der Waals surface area contributed by atoms with E-state index < -0.39 is 0 Å². The summed E-state index contributed by atoms with van der Waals surface area (Å²) < 4.78 is 13.4. The number of aromatic amines is 1. The molecule has 0 saturated heterocycles. The van der Waals surface area contributed by atoms with Gasteiger partial charge in [0.05, 0.1) is 0 Å². The van der Waals surface area contributed by atoms with E-state index >= 15 is 0 Å². The molecule has 1 heterocycles. The molecule has 1 unspecified atom stereocenters. The van der Waals surface area contributed by atoms with Gasteiger partial charge >= 0.3 is 0 Å². The number of pyridine rings is 1. The van der Waals surface area contributed by atoms with Crippen molar-refractivity contribution in [2.75, 3.05) is 12.8 Å². The molecule has 0 spiro atoms. The molecular weight excluding hydrogens is 375 g/mol. The average Bonchev–Trinajstić information content (AvgIpc) is 2.72. The molecule has 0 bridgehead atoms. The Morgan fingerprint density at radius 3 is 2.61 bits per heavy atom. The third kappa shape index (κ3) is 5.10. The summed E-state index contributed by atoms with van der Waals surface area (Å²) in [5.74, 6) is -0.544. The van der Waals surface area contributed by atoms with Crippen LogP contribution in [-0.2, 0) is 0 Å². The van der Waals surface area contributed by atoms with Gasteiger partial charge in [-0.05, 0) is 54.1 Å². The number of rotatable bonds is 7. The summed E-state index contributed by atoms with van der Waals surface area (Å²) in [7, 11) is 0. The Morgan fingerprint density at radius 1 is 1.11 bits per heavy atom. The summed E-state index contributed by atoms with van der Waals surface area (Å²) >= 11 is 1.66. The monoisotopic (exact) mass is 396 g/mol. The molecule has 1 atom stereocenters. The molecular formula is C22H21FN2O2S. The molecule has 1 aromatic heterocycles. The number of halogens is 1. The van der Waals surface area contributed by atoms with E-state index in [0.29, 0.717) is 18.5 Å². The van der Waals surface area contributed by atoms with Crippen molar-refractivity contribution in [3.63, 3.8) is 0 Å². The number of amides is 1. The van der Waals surface area contributed by atoms with Gasteiger partial charge in [-0.1, -0.05) is 24.3 Å². The first-order valence-corrected chi connectivity index (χ1v) is 10.2. The summed E-state index contributed by atoms with van der Waals surface area (Å²) in [6, 6.07) is 17.5. The Kier molecular flexibility index (Phi) is 6.66. The molecule has 0 saturated carbocycles. The van der Waals surface area contributed by atoms with Gasteiger partial charge in [0.15, 0.2) is 0 Å². The van der Waals surface area contributed by atoms with Crippen LogP contribution in [0.25, 0.3) is 0 Å². The van der Waals surface area contributed by atoms with Crippen molar-refractivity contribution in [1.82, 2.24) is 10.3 Å². The summed E-state index contributed by atoms with van der Waals surface area (Å²) in [4.78, 5) is 27.3. The van der Waals surface area contributed by atoms with E-state index in [4.69, 9.17) is 0 Å². The van der Waals surface area contributed by atoms with Crippen molar-refractivity contribution in [2.45, 2.75) is 17.2 Å². The second-order valence-corrected chi connectivity index (χ2v) is 7.25. The van der Waals surface area contributed by atoms with Crippen LogP contribution in [0.4, 0.5) is 4.39 Å². The highest BCUT2D eigenvalue weighted by Crippen LogP contribution is 2.30. The Hall–Kier alpha value is -2.86. The molecule has 2 aromatic carbocycles. The highest BCUT2D eigenvalue weighted by atomic mass is 32.2. The molecule has 2 N–H and O–H groups in total. The number of carbonyl (C=O) groups excluding carboxylic acids is 1. The van der Waals surface area contributed by atoms with E-state index in [1.807, 2.05) is 24.5 Å². The predicted octanol–water partition coefficient (Wildman–Crippen LogP) is 4.19. The van der Waals surface area contributed by atoms with Gasteiger partial charge in [-0.25, -0.2) is 4.39 Å². The second kappa shape index (κ2) is 9.37.